The zero-order valence-corrected chi connectivity index (χ0v) is 12.2. The number of nitrogen functional groups attached to an aromatic ring is 1. The van der Waals surface area contributed by atoms with Gasteiger partial charge in [0, 0.05) is 5.69 Å². The third-order valence-corrected chi connectivity index (χ3v) is 3.18. The van der Waals surface area contributed by atoms with Crippen LogP contribution in [0, 0.1) is 6.92 Å². The van der Waals surface area contributed by atoms with E-state index in [0.29, 0.717) is 11.3 Å². The van der Waals surface area contributed by atoms with Crippen LogP contribution in [0.5, 0.6) is 0 Å². The molecule has 0 bridgehead atoms. The first-order chi connectivity index (χ1) is 10.9. The van der Waals surface area contributed by atoms with Crippen molar-refractivity contribution < 1.29 is 26.3 Å². The van der Waals surface area contributed by atoms with Gasteiger partial charge >= 0.3 is 18.0 Å². The molecule has 2 N–H and O–H groups in total. The largest absolute Gasteiger partial charge is 0.451 e. The maximum absolute atomic E-state index is 13.0. The molecular formula is C13H12F6N4O. The fraction of sp³-hybridized carbons (Fsp3) is 0.385. The third kappa shape index (κ3) is 3.89. The van der Waals surface area contributed by atoms with Gasteiger partial charge in [-0.15, -0.1) is 5.10 Å². The van der Waals surface area contributed by atoms with Gasteiger partial charge in [-0.25, -0.2) is 9.48 Å². The molecule has 0 amide bonds. The van der Waals surface area contributed by atoms with Crippen LogP contribution in [0.15, 0.2) is 23.0 Å². The first-order valence-corrected chi connectivity index (χ1v) is 6.55. The molecule has 0 radical (unpaired) electrons. The molecule has 2 aromatic rings. The quantitative estimate of drug-likeness (QED) is 0.681. The summed E-state index contributed by atoms with van der Waals surface area (Å²) < 4.78 is 76.0. The number of rotatable bonds is 3. The zero-order chi connectivity index (χ0) is 18.3. The number of nitrogens with two attached hydrogens (primary N) is 1. The Bertz CT molecular complexity index is 802. The van der Waals surface area contributed by atoms with E-state index in [0.717, 1.165) is 0 Å². The zero-order valence-electron chi connectivity index (χ0n) is 12.2. The lowest BCUT2D eigenvalue weighted by molar-refractivity contribution is -0.151. The van der Waals surface area contributed by atoms with Gasteiger partial charge in [-0.3, -0.25) is 4.57 Å². The molecule has 2 rings (SSSR count). The first kappa shape index (κ1) is 17.9. The summed E-state index contributed by atoms with van der Waals surface area (Å²) in [5, 5.41) is 2.80. The SMILES string of the molecule is Cc1cc(Cn2c(C(F)(F)F)nn(CC(F)(F)F)c2=O)ccc1N. The van der Waals surface area contributed by atoms with E-state index >= 15 is 0 Å². The Balaban J connectivity index is 2.50. The summed E-state index contributed by atoms with van der Waals surface area (Å²) >= 11 is 0. The second-order valence-electron chi connectivity index (χ2n) is 5.15. The highest BCUT2D eigenvalue weighted by atomic mass is 19.4. The molecule has 0 saturated heterocycles. The van der Waals surface area contributed by atoms with Gasteiger partial charge in [-0.05, 0) is 24.1 Å². The maximum atomic E-state index is 13.0. The highest BCUT2D eigenvalue weighted by Gasteiger charge is 2.40. The molecule has 11 heteroatoms. The molecule has 0 aliphatic carbocycles. The average molecular weight is 354 g/mol. The average Bonchev–Trinajstić information content (AvgIpc) is 2.70. The van der Waals surface area contributed by atoms with Crippen molar-refractivity contribution in [3.8, 4) is 0 Å². The molecule has 132 valence electrons. The first-order valence-electron chi connectivity index (χ1n) is 6.55. The monoisotopic (exact) mass is 354 g/mol. The van der Waals surface area contributed by atoms with Crippen molar-refractivity contribution in [2.45, 2.75) is 32.4 Å². The Hall–Kier alpha value is -2.46. The summed E-state index contributed by atoms with van der Waals surface area (Å²) in [5.41, 5.74) is 5.35. The van der Waals surface area contributed by atoms with E-state index in [-0.39, 0.29) is 14.8 Å². The van der Waals surface area contributed by atoms with Crippen molar-refractivity contribution >= 4 is 5.69 Å². The Morgan fingerprint density at radius 2 is 1.79 bits per heavy atom. The van der Waals surface area contributed by atoms with E-state index in [9.17, 15) is 31.1 Å². The number of hydrogen-bond donors (Lipinski definition) is 1. The molecule has 24 heavy (non-hydrogen) atoms. The van der Waals surface area contributed by atoms with Crippen molar-refractivity contribution in [1.29, 1.82) is 0 Å². The second kappa shape index (κ2) is 5.87. The van der Waals surface area contributed by atoms with Crippen LogP contribution >= 0.6 is 0 Å². The van der Waals surface area contributed by atoms with Gasteiger partial charge in [-0.1, -0.05) is 12.1 Å². The van der Waals surface area contributed by atoms with E-state index in [1.807, 2.05) is 0 Å². The Morgan fingerprint density at radius 3 is 2.29 bits per heavy atom. The highest BCUT2D eigenvalue weighted by molar-refractivity contribution is 5.47. The molecule has 1 heterocycles. The van der Waals surface area contributed by atoms with Crippen LogP contribution in [0.4, 0.5) is 32.0 Å². The van der Waals surface area contributed by atoms with E-state index in [2.05, 4.69) is 5.10 Å². The van der Waals surface area contributed by atoms with Crippen LogP contribution in [-0.2, 0) is 19.3 Å². The van der Waals surface area contributed by atoms with Crippen LogP contribution in [0.3, 0.4) is 0 Å². The predicted molar refractivity (Wildman–Crippen MR) is 72.2 cm³/mol. The lowest BCUT2D eigenvalue weighted by Gasteiger charge is -2.09. The standard InChI is InChI=1S/C13H12F6N4O/c1-7-4-8(2-3-9(7)20)5-22-10(13(17,18)19)21-23(11(22)24)6-12(14,15)16/h2-4H,5-6,20H2,1H3. The molecule has 0 spiro atoms. The highest BCUT2D eigenvalue weighted by Crippen LogP contribution is 2.28. The van der Waals surface area contributed by atoms with Crippen LogP contribution in [0.1, 0.15) is 17.0 Å². The number of hydrogen-bond acceptors (Lipinski definition) is 3. The molecule has 0 aliphatic heterocycles. The minimum atomic E-state index is -5.07. The predicted octanol–water partition coefficient (Wildman–Crippen LogP) is 2.56. The minimum absolute atomic E-state index is 0.163. The maximum Gasteiger partial charge on any atom is 0.451 e. The van der Waals surface area contributed by atoms with Gasteiger partial charge in [-0.2, -0.15) is 26.3 Å². The Labute approximate surface area is 131 Å². The van der Waals surface area contributed by atoms with Gasteiger partial charge < -0.3 is 5.73 Å². The van der Waals surface area contributed by atoms with Gasteiger partial charge in [0.2, 0.25) is 5.82 Å². The second-order valence-corrected chi connectivity index (χ2v) is 5.15. The molecular weight excluding hydrogens is 342 g/mol. The number of alkyl halides is 6. The summed E-state index contributed by atoms with van der Waals surface area (Å²) in [7, 11) is 0. The summed E-state index contributed by atoms with van der Waals surface area (Å²) in [5.74, 6) is -1.69. The lowest BCUT2D eigenvalue weighted by Crippen LogP contribution is -2.31. The fourth-order valence-corrected chi connectivity index (χ4v) is 2.08. The summed E-state index contributed by atoms with van der Waals surface area (Å²) in [4.78, 5) is 11.9. The topological polar surface area (TPSA) is 65.8 Å². The Kier molecular flexibility index (Phi) is 4.38. The van der Waals surface area contributed by atoms with Crippen LogP contribution in [0.2, 0.25) is 0 Å². The lowest BCUT2D eigenvalue weighted by atomic mass is 10.1. The molecule has 0 atom stereocenters. The minimum Gasteiger partial charge on any atom is -0.399 e. The molecule has 5 nitrogen and oxygen atoms in total. The van der Waals surface area contributed by atoms with Crippen LogP contribution in [0.25, 0.3) is 0 Å². The van der Waals surface area contributed by atoms with E-state index < -0.39 is 37.0 Å². The molecule has 1 aromatic heterocycles. The van der Waals surface area contributed by atoms with E-state index in [1.165, 1.54) is 18.2 Å². The van der Waals surface area contributed by atoms with Crippen molar-refractivity contribution in [2.24, 2.45) is 0 Å². The van der Waals surface area contributed by atoms with Crippen molar-refractivity contribution in [1.82, 2.24) is 14.3 Å². The van der Waals surface area contributed by atoms with Gasteiger partial charge in [0.25, 0.3) is 0 Å². The summed E-state index contributed by atoms with van der Waals surface area (Å²) in [6.07, 6.45) is -9.94. The number of halogens is 6. The fourth-order valence-electron chi connectivity index (χ4n) is 2.08. The van der Waals surface area contributed by atoms with Crippen molar-refractivity contribution in [2.75, 3.05) is 5.73 Å². The Morgan fingerprint density at radius 1 is 1.17 bits per heavy atom. The van der Waals surface area contributed by atoms with E-state index in [4.69, 9.17) is 5.73 Å². The number of nitrogens with zero attached hydrogens (tertiary/aromatic N) is 3. The number of aryl methyl sites for hydroxylation is 1. The normalized spacial score (nSPS) is 12.6. The third-order valence-electron chi connectivity index (χ3n) is 3.18. The number of anilines is 1. The molecule has 0 fully saturated rings. The van der Waals surface area contributed by atoms with Crippen LogP contribution in [-0.4, -0.2) is 20.5 Å². The van der Waals surface area contributed by atoms with Gasteiger partial charge in [0.1, 0.15) is 6.54 Å². The number of aromatic nitrogens is 3. The smallest absolute Gasteiger partial charge is 0.399 e. The number of benzene rings is 1. The summed E-state index contributed by atoms with van der Waals surface area (Å²) in [6, 6.07) is 4.27. The van der Waals surface area contributed by atoms with Gasteiger partial charge in [0.15, 0.2) is 0 Å². The van der Waals surface area contributed by atoms with E-state index in [1.54, 1.807) is 6.92 Å². The van der Waals surface area contributed by atoms with Gasteiger partial charge in [0.05, 0.1) is 6.54 Å². The molecule has 0 saturated carbocycles. The van der Waals surface area contributed by atoms with Crippen LogP contribution < -0.4 is 11.4 Å². The molecule has 0 aliphatic rings. The summed E-state index contributed by atoms with van der Waals surface area (Å²) in [6.45, 7) is -0.866. The molecule has 0 unspecified atom stereocenters. The molecule has 1 aromatic carbocycles. The van der Waals surface area contributed by atoms with Crippen molar-refractivity contribution in [3.05, 3.63) is 45.6 Å². The van der Waals surface area contributed by atoms with Crippen molar-refractivity contribution in [3.63, 3.8) is 0 Å².